The van der Waals surface area contributed by atoms with Crippen molar-refractivity contribution in [3.8, 4) is 0 Å². The lowest BCUT2D eigenvalue weighted by Gasteiger charge is -2.12. The van der Waals surface area contributed by atoms with E-state index in [9.17, 15) is 4.79 Å². The van der Waals surface area contributed by atoms with E-state index in [-0.39, 0.29) is 24.4 Å². The normalized spacial score (nSPS) is 21.7. The molecule has 0 saturated heterocycles. The number of fused-ring (bicyclic) bond motifs is 3. The van der Waals surface area contributed by atoms with Crippen LogP contribution in [0.5, 0.6) is 0 Å². The lowest BCUT2D eigenvalue weighted by atomic mass is 10.1. The maximum atomic E-state index is 11.4. The summed E-state index contributed by atoms with van der Waals surface area (Å²) in [4.78, 5) is 18.9. The van der Waals surface area contributed by atoms with Crippen molar-refractivity contribution in [3.05, 3.63) is 24.3 Å². The van der Waals surface area contributed by atoms with Crippen LogP contribution in [-0.2, 0) is 4.79 Å². The van der Waals surface area contributed by atoms with Crippen molar-refractivity contribution in [2.75, 3.05) is 6.54 Å². The average Bonchev–Trinajstić information content (AvgIpc) is 3.24. The van der Waals surface area contributed by atoms with Crippen molar-refractivity contribution >= 4 is 22.7 Å². The summed E-state index contributed by atoms with van der Waals surface area (Å²) in [5.41, 5.74) is 7.90. The zero-order valence-electron chi connectivity index (χ0n) is 12.0. The highest BCUT2D eigenvalue weighted by Crippen LogP contribution is 2.34. The standard InChI is InChI=1S/C14H17N7O/c15-6-12(22)18-9-2-1-8(5-9)14-20-19-11-7-17-13-10(21(11)14)3-4-16-13/h3-4,7-9,16H,1-2,5-6,15H2,(H,18,22)/t8-,9+/m1/s1. The molecule has 1 aliphatic carbocycles. The second-order valence-corrected chi connectivity index (χ2v) is 5.70. The van der Waals surface area contributed by atoms with E-state index in [1.807, 2.05) is 12.3 Å². The largest absolute Gasteiger partial charge is 0.352 e. The van der Waals surface area contributed by atoms with Crippen LogP contribution in [0.3, 0.4) is 0 Å². The molecule has 8 heteroatoms. The molecule has 0 aliphatic heterocycles. The van der Waals surface area contributed by atoms with Gasteiger partial charge in [0, 0.05) is 18.2 Å². The van der Waals surface area contributed by atoms with E-state index in [2.05, 4.69) is 29.9 Å². The Morgan fingerprint density at radius 3 is 3.23 bits per heavy atom. The Hall–Kier alpha value is -2.48. The smallest absolute Gasteiger partial charge is 0.233 e. The quantitative estimate of drug-likeness (QED) is 0.644. The Morgan fingerprint density at radius 1 is 1.45 bits per heavy atom. The van der Waals surface area contributed by atoms with Gasteiger partial charge >= 0.3 is 0 Å². The fraction of sp³-hybridized carbons (Fsp3) is 0.429. The van der Waals surface area contributed by atoms with Gasteiger partial charge in [-0.15, -0.1) is 10.2 Å². The SMILES string of the molecule is NCC(=O)N[C@H]1CC[C@@H](c2nnc3cnc4[nH]ccc4n23)C1. The molecule has 114 valence electrons. The van der Waals surface area contributed by atoms with Gasteiger partial charge < -0.3 is 16.0 Å². The number of carbonyl (C=O) groups is 1. The zero-order chi connectivity index (χ0) is 15.1. The number of nitrogens with two attached hydrogens (primary N) is 1. The highest BCUT2D eigenvalue weighted by atomic mass is 16.1. The predicted octanol–water partition coefficient (Wildman–Crippen LogP) is 0.317. The third-order valence-corrected chi connectivity index (χ3v) is 4.32. The van der Waals surface area contributed by atoms with Gasteiger partial charge in [-0.3, -0.25) is 9.20 Å². The van der Waals surface area contributed by atoms with Gasteiger partial charge in [-0.25, -0.2) is 4.98 Å². The molecule has 1 aliphatic rings. The minimum absolute atomic E-state index is 0.0324. The van der Waals surface area contributed by atoms with Gasteiger partial charge in [-0.2, -0.15) is 0 Å². The maximum Gasteiger partial charge on any atom is 0.233 e. The van der Waals surface area contributed by atoms with Gasteiger partial charge in [0.25, 0.3) is 0 Å². The van der Waals surface area contributed by atoms with Crippen LogP contribution in [0, 0.1) is 0 Å². The number of amides is 1. The van der Waals surface area contributed by atoms with Crippen molar-refractivity contribution in [3.63, 3.8) is 0 Å². The van der Waals surface area contributed by atoms with E-state index in [0.717, 1.165) is 41.9 Å². The number of carbonyl (C=O) groups excluding carboxylic acids is 1. The Labute approximate surface area is 126 Å². The van der Waals surface area contributed by atoms with E-state index in [1.54, 1.807) is 6.20 Å². The Kier molecular flexibility index (Phi) is 3.04. The van der Waals surface area contributed by atoms with Gasteiger partial charge in [-0.1, -0.05) is 0 Å². The van der Waals surface area contributed by atoms with Gasteiger partial charge in [0.1, 0.15) is 5.82 Å². The van der Waals surface area contributed by atoms with Gasteiger partial charge in [0.15, 0.2) is 11.3 Å². The summed E-state index contributed by atoms with van der Waals surface area (Å²) in [6.45, 7) is 0.0324. The predicted molar refractivity (Wildman–Crippen MR) is 80.2 cm³/mol. The lowest BCUT2D eigenvalue weighted by molar-refractivity contribution is -0.120. The lowest BCUT2D eigenvalue weighted by Crippen LogP contribution is -2.37. The highest BCUT2D eigenvalue weighted by Gasteiger charge is 2.30. The molecule has 2 atom stereocenters. The van der Waals surface area contributed by atoms with Crippen LogP contribution >= 0.6 is 0 Å². The summed E-state index contributed by atoms with van der Waals surface area (Å²) in [6, 6.07) is 2.14. The van der Waals surface area contributed by atoms with Crippen molar-refractivity contribution in [2.24, 2.45) is 5.73 Å². The van der Waals surface area contributed by atoms with Crippen molar-refractivity contribution < 1.29 is 4.79 Å². The summed E-state index contributed by atoms with van der Waals surface area (Å²) in [6.07, 6.45) is 6.36. The Morgan fingerprint density at radius 2 is 2.36 bits per heavy atom. The highest BCUT2D eigenvalue weighted by molar-refractivity contribution is 5.78. The molecule has 0 bridgehead atoms. The first-order valence-corrected chi connectivity index (χ1v) is 7.43. The zero-order valence-corrected chi connectivity index (χ0v) is 12.0. The molecule has 3 aromatic heterocycles. The summed E-state index contributed by atoms with van der Waals surface area (Å²) >= 11 is 0. The molecule has 4 rings (SSSR count). The fourth-order valence-electron chi connectivity index (χ4n) is 3.30. The molecule has 1 amide bonds. The van der Waals surface area contributed by atoms with Crippen LogP contribution in [-0.4, -0.2) is 43.1 Å². The fourth-order valence-corrected chi connectivity index (χ4v) is 3.30. The third kappa shape index (κ3) is 2.03. The molecule has 22 heavy (non-hydrogen) atoms. The number of aromatic amines is 1. The molecule has 0 spiro atoms. The van der Waals surface area contributed by atoms with Crippen LogP contribution in [0.4, 0.5) is 0 Å². The van der Waals surface area contributed by atoms with Crippen molar-refractivity contribution in [2.45, 2.75) is 31.2 Å². The minimum atomic E-state index is -0.103. The average molecular weight is 299 g/mol. The number of nitrogens with one attached hydrogen (secondary N) is 2. The van der Waals surface area contributed by atoms with Crippen molar-refractivity contribution in [1.29, 1.82) is 0 Å². The summed E-state index contributed by atoms with van der Waals surface area (Å²) < 4.78 is 2.05. The summed E-state index contributed by atoms with van der Waals surface area (Å²) in [7, 11) is 0. The number of hydrogen-bond donors (Lipinski definition) is 3. The molecule has 0 radical (unpaired) electrons. The molecular formula is C14H17N7O. The van der Waals surface area contributed by atoms with E-state index in [4.69, 9.17) is 5.73 Å². The number of hydrogen-bond acceptors (Lipinski definition) is 5. The van der Waals surface area contributed by atoms with Crippen LogP contribution in [0.2, 0.25) is 0 Å². The van der Waals surface area contributed by atoms with Crippen LogP contribution < -0.4 is 11.1 Å². The maximum absolute atomic E-state index is 11.4. The third-order valence-electron chi connectivity index (χ3n) is 4.32. The van der Waals surface area contributed by atoms with Crippen LogP contribution in [0.25, 0.3) is 16.8 Å². The van der Waals surface area contributed by atoms with E-state index in [1.165, 1.54) is 0 Å². The second-order valence-electron chi connectivity index (χ2n) is 5.70. The first kappa shape index (κ1) is 13.2. The number of aromatic nitrogens is 5. The second kappa shape index (κ2) is 5.06. The minimum Gasteiger partial charge on any atom is -0.352 e. The topological polar surface area (TPSA) is 114 Å². The van der Waals surface area contributed by atoms with Gasteiger partial charge in [-0.05, 0) is 25.3 Å². The first-order chi connectivity index (χ1) is 10.8. The molecule has 0 unspecified atom stereocenters. The molecule has 1 fully saturated rings. The van der Waals surface area contributed by atoms with Gasteiger partial charge in [0.2, 0.25) is 5.91 Å². The molecule has 0 aromatic carbocycles. The number of rotatable bonds is 3. The molecule has 3 heterocycles. The van der Waals surface area contributed by atoms with E-state index >= 15 is 0 Å². The molecule has 8 nitrogen and oxygen atoms in total. The monoisotopic (exact) mass is 299 g/mol. The number of H-pyrrole nitrogens is 1. The number of nitrogens with zero attached hydrogens (tertiary/aromatic N) is 4. The molecular weight excluding hydrogens is 282 g/mol. The Balaban J connectivity index is 1.67. The van der Waals surface area contributed by atoms with E-state index in [0.29, 0.717) is 0 Å². The van der Waals surface area contributed by atoms with Gasteiger partial charge in [0.05, 0.1) is 18.3 Å². The van der Waals surface area contributed by atoms with E-state index < -0.39 is 0 Å². The van der Waals surface area contributed by atoms with Crippen LogP contribution in [0.1, 0.15) is 31.0 Å². The van der Waals surface area contributed by atoms with Crippen LogP contribution in [0.15, 0.2) is 18.5 Å². The molecule has 3 aromatic rings. The van der Waals surface area contributed by atoms with Crippen molar-refractivity contribution in [1.82, 2.24) is 29.9 Å². The summed E-state index contributed by atoms with van der Waals surface area (Å²) in [5, 5.41) is 11.5. The summed E-state index contributed by atoms with van der Waals surface area (Å²) in [5.74, 6) is 1.11. The molecule has 4 N–H and O–H groups in total. The Bertz CT molecular complexity index is 836. The first-order valence-electron chi connectivity index (χ1n) is 7.43. The molecule has 1 saturated carbocycles.